The van der Waals surface area contributed by atoms with Gasteiger partial charge in [-0.05, 0) is 67.4 Å². The molecule has 166 valence electrons. The lowest BCUT2D eigenvalue weighted by Gasteiger charge is -2.12. The number of rotatable bonds is 7. The molecule has 0 spiro atoms. The van der Waals surface area contributed by atoms with Crippen molar-refractivity contribution >= 4 is 29.4 Å². The second-order valence-electron chi connectivity index (χ2n) is 7.47. The van der Waals surface area contributed by atoms with E-state index in [9.17, 15) is 9.59 Å². The number of hydrazone groups is 1. The molecule has 0 fully saturated rings. The van der Waals surface area contributed by atoms with Crippen molar-refractivity contribution in [2.24, 2.45) is 5.10 Å². The van der Waals surface area contributed by atoms with Gasteiger partial charge in [0.25, 0.3) is 5.91 Å². The monoisotopic (exact) mass is 440 g/mol. The summed E-state index contributed by atoms with van der Waals surface area (Å²) in [6.07, 6.45) is 1.81. The molecule has 33 heavy (non-hydrogen) atoms. The minimum Gasteiger partial charge on any atom is -0.489 e. The molecule has 3 aromatic rings. The van der Waals surface area contributed by atoms with Crippen LogP contribution in [0.2, 0.25) is 0 Å². The average Bonchev–Trinajstić information content (AvgIpc) is 3.13. The van der Waals surface area contributed by atoms with Crippen LogP contribution < -0.4 is 9.75 Å². The Morgan fingerprint density at radius 3 is 2.33 bits per heavy atom. The minimum atomic E-state index is -0.395. The van der Waals surface area contributed by atoms with Crippen LogP contribution in [0.5, 0.6) is 5.75 Å². The highest BCUT2D eigenvalue weighted by molar-refractivity contribution is 6.32. The predicted molar refractivity (Wildman–Crippen MR) is 128 cm³/mol. The number of carbonyl (C=O) groups is 2. The summed E-state index contributed by atoms with van der Waals surface area (Å²) in [6.45, 7) is 4.36. The summed E-state index contributed by atoms with van der Waals surface area (Å²) >= 11 is 0. The molecule has 3 aromatic carbocycles. The van der Waals surface area contributed by atoms with Crippen LogP contribution in [-0.2, 0) is 16.1 Å². The molecule has 0 atom stereocenters. The molecule has 0 N–H and O–H groups in total. The van der Waals surface area contributed by atoms with E-state index in [1.54, 1.807) is 38.1 Å². The van der Waals surface area contributed by atoms with E-state index in [1.807, 2.05) is 60.7 Å². The second kappa shape index (κ2) is 9.96. The Balaban J connectivity index is 1.44. The van der Waals surface area contributed by atoms with Gasteiger partial charge >= 0.3 is 5.97 Å². The van der Waals surface area contributed by atoms with Crippen molar-refractivity contribution < 1.29 is 19.1 Å². The van der Waals surface area contributed by atoms with Gasteiger partial charge in [0.2, 0.25) is 0 Å². The Hall–Kier alpha value is -4.19. The summed E-state index contributed by atoms with van der Waals surface area (Å²) in [5.41, 5.74) is 4.13. The lowest BCUT2D eigenvalue weighted by molar-refractivity contribution is -0.114. The van der Waals surface area contributed by atoms with E-state index in [0.29, 0.717) is 35.7 Å². The van der Waals surface area contributed by atoms with Crippen LogP contribution in [0, 0.1) is 0 Å². The minimum absolute atomic E-state index is 0.221. The number of anilines is 1. The number of carbonyl (C=O) groups excluding carboxylic acids is 2. The Labute approximate surface area is 192 Å². The van der Waals surface area contributed by atoms with Gasteiger partial charge in [-0.15, -0.1) is 0 Å². The van der Waals surface area contributed by atoms with Crippen molar-refractivity contribution in [3.8, 4) is 5.75 Å². The van der Waals surface area contributed by atoms with E-state index in [2.05, 4.69) is 5.10 Å². The van der Waals surface area contributed by atoms with Crippen LogP contribution in [0.4, 0.5) is 5.69 Å². The zero-order valence-corrected chi connectivity index (χ0v) is 18.5. The molecule has 0 bridgehead atoms. The first-order chi connectivity index (χ1) is 16.0. The number of benzene rings is 3. The van der Waals surface area contributed by atoms with Gasteiger partial charge in [-0.1, -0.05) is 42.5 Å². The summed E-state index contributed by atoms with van der Waals surface area (Å²) in [6, 6.07) is 24.2. The first-order valence-corrected chi connectivity index (χ1v) is 10.7. The molecular formula is C27H24N2O4. The SMILES string of the molecule is CCOC(=O)c1ccc(N2N=C(C)/C(=C\c3ccc(OCc4ccccc4)cc3)C2=O)cc1. The highest BCUT2D eigenvalue weighted by atomic mass is 16.5. The summed E-state index contributed by atoms with van der Waals surface area (Å²) in [7, 11) is 0. The van der Waals surface area contributed by atoms with Crippen molar-refractivity contribution in [1.29, 1.82) is 0 Å². The number of amides is 1. The fourth-order valence-corrected chi connectivity index (χ4v) is 3.38. The van der Waals surface area contributed by atoms with Gasteiger partial charge in [-0.3, -0.25) is 4.79 Å². The number of hydrogen-bond acceptors (Lipinski definition) is 5. The van der Waals surface area contributed by atoms with Gasteiger partial charge < -0.3 is 9.47 Å². The molecule has 1 amide bonds. The van der Waals surface area contributed by atoms with Gasteiger partial charge in [0.05, 0.1) is 29.1 Å². The third-order valence-electron chi connectivity index (χ3n) is 5.13. The van der Waals surface area contributed by atoms with E-state index < -0.39 is 5.97 Å². The van der Waals surface area contributed by atoms with Crippen LogP contribution in [0.15, 0.2) is 89.5 Å². The smallest absolute Gasteiger partial charge is 0.338 e. The fourth-order valence-electron chi connectivity index (χ4n) is 3.38. The summed E-state index contributed by atoms with van der Waals surface area (Å²) in [5, 5.41) is 5.74. The maximum Gasteiger partial charge on any atom is 0.338 e. The lowest BCUT2D eigenvalue weighted by Crippen LogP contribution is -2.21. The maximum absolute atomic E-state index is 13.0. The van der Waals surface area contributed by atoms with Crippen LogP contribution in [-0.4, -0.2) is 24.2 Å². The molecule has 0 saturated heterocycles. The van der Waals surface area contributed by atoms with Crippen LogP contribution in [0.3, 0.4) is 0 Å². The van der Waals surface area contributed by atoms with Gasteiger partial charge in [-0.25, -0.2) is 4.79 Å². The molecule has 1 aliphatic rings. The Morgan fingerprint density at radius 1 is 0.970 bits per heavy atom. The van der Waals surface area contributed by atoms with Crippen molar-refractivity contribution in [3.63, 3.8) is 0 Å². The van der Waals surface area contributed by atoms with Gasteiger partial charge in [0, 0.05) is 0 Å². The average molecular weight is 440 g/mol. The highest BCUT2D eigenvalue weighted by Gasteiger charge is 2.28. The number of hydrogen-bond donors (Lipinski definition) is 0. The third kappa shape index (κ3) is 5.18. The number of ether oxygens (including phenoxy) is 2. The van der Waals surface area contributed by atoms with E-state index in [4.69, 9.17) is 9.47 Å². The Bertz CT molecular complexity index is 1200. The summed E-state index contributed by atoms with van der Waals surface area (Å²) < 4.78 is 10.8. The zero-order valence-electron chi connectivity index (χ0n) is 18.5. The highest BCUT2D eigenvalue weighted by Crippen LogP contribution is 2.26. The fraction of sp³-hybridized carbons (Fsp3) is 0.148. The molecular weight excluding hydrogens is 416 g/mol. The van der Waals surface area contributed by atoms with Crippen molar-refractivity contribution in [2.75, 3.05) is 11.6 Å². The molecule has 0 aliphatic carbocycles. The van der Waals surface area contributed by atoms with Crippen LogP contribution in [0.1, 0.15) is 35.3 Å². The zero-order chi connectivity index (χ0) is 23.2. The first-order valence-electron chi connectivity index (χ1n) is 10.7. The summed E-state index contributed by atoms with van der Waals surface area (Å²) in [5.74, 6) is 0.140. The van der Waals surface area contributed by atoms with E-state index in [0.717, 1.165) is 16.9 Å². The quantitative estimate of drug-likeness (QED) is 0.372. The molecule has 0 aromatic heterocycles. The molecule has 0 saturated carbocycles. The maximum atomic E-state index is 13.0. The second-order valence-corrected chi connectivity index (χ2v) is 7.47. The Kier molecular flexibility index (Phi) is 6.64. The van der Waals surface area contributed by atoms with Gasteiger partial charge in [0.15, 0.2) is 0 Å². The molecule has 0 radical (unpaired) electrons. The normalized spacial score (nSPS) is 14.4. The standard InChI is InChI=1S/C27H24N2O4/c1-3-32-27(31)22-11-13-23(14-12-22)29-26(30)25(19(2)28-29)17-20-9-15-24(16-10-20)33-18-21-7-5-4-6-8-21/h4-17H,3,18H2,1-2H3/b25-17+. The van der Waals surface area contributed by atoms with Gasteiger partial charge in [-0.2, -0.15) is 10.1 Å². The number of esters is 1. The Morgan fingerprint density at radius 2 is 1.67 bits per heavy atom. The van der Waals surface area contributed by atoms with Gasteiger partial charge in [0.1, 0.15) is 12.4 Å². The van der Waals surface area contributed by atoms with Crippen molar-refractivity contribution in [3.05, 3.63) is 101 Å². The predicted octanol–water partition coefficient (Wildman–Crippen LogP) is 5.25. The van der Waals surface area contributed by atoms with Crippen LogP contribution >= 0.6 is 0 Å². The third-order valence-corrected chi connectivity index (χ3v) is 5.13. The topological polar surface area (TPSA) is 68.2 Å². The van der Waals surface area contributed by atoms with Crippen molar-refractivity contribution in [1.82, 2.24) is 0 Å². The van der Waals surface area contributed by atoms with E-state index in [-0.39, 0.29) is 5.91 Å². The van der Waals surface area contributed by atoms with E-state index in [1.165, 1.54) is 5.01 Å². The molecule has 1 aliphatic heterocycles. The number of nitrogens with zero attached hydrogens (tertiary/aromatic N) is 2. The molecule has 6 heteroatoms. The van der Waals surface area contributed by atoms with Crippen molar-refractivity contribution in [2.45, 2.75) is 20.5 Å². The molecule has 4 rings (SSSR count). The first kappa shape index (κ1) is 22.0. The summed E-state index contributed by atoms with van der Waals surface area (Å²) in [4.78, 5) is 24.8. The molecule has 6 nitrogen and oxygen atoms in total. The largest absolute Gasteiger partial charge is 0.489 e. The lowest BCUT2D eigenvalue weighted by atomic mass is 10.1. The molecule has 1 heterocycles. The van der Waals surface area contributed by atoms with Crippen LogP contribution in [0.25, 0.3) is 6.08 Å². The van der Waals surface area contributed by atoms with E-state index >= 15 is 0 Å². The molecule has 0 unspecified atom stereocenters.